The van der Waals surface area contributed by atoms with Crippen molar-refractivity contribution in [3.8, 4) is 0 Å². The van der Waals surface area contributed by atoms with Crippen LogP contribution in [0.25, 0.3) is 0 Å². The maximum absolute atomic E-state index is 8.28. The molecule has 0 aromatic rings. The van der Waals surface area contributed by atoms with Gasteiger partial charge in [-0.3, -0.25) is 0 Å². The summed E-state index contributed by atoms with van der Waals surface area (Å²) in [5.74, 6) is 0. The second kappa shape index (κ2) is 24.0. The van der Waals surface area contributed by atoms with Crippen molar-refractivity contribution in [1.82, 2.24) is 0 Å². The van der Waals surface area contributed by atoms with Gasteiger partial charge in [0.15, 0.2) is 0 Å². The quantitative estimate of drug-likeness (QED) is 0.464. The monoisotopic (exact) mass is 198 g/mol. The Morgan fingerprint density at radius 2 is 1.25 bits per heavy atom. The summed E-state index contributed by atoms with van der Waals surface area (Å²) in [6.07, 6.45) is 0. The molecular formula is HAlFeMoO. The van der Waals surface area contributed by atoms with E-state index in [1.165, 1.54) is 0 Å². The zero-order chi connectivity index (χ0) is 2.00. The van der Waals surface area contributed by atoms with E-state index >= 15 is 0 Å². The normalized spacial score (nSPS) is 0.750. The van der Waals surface area contributed by atoms with Crippen LogP contribution in [-0.2, 0) is 41.9 Å². The first kappa shape index (κ1) is 17.7. The van der Waals surface area contributed by atoms with Crippen LogP contribution in [0.15, 0.2) is 0 Å². The Kier molecular flexibility index (Phi) is 106. The van der Waals surface area contributed by atoms with E-state index in [4.69, 9.17) is 3.80 Å². The first-order valence-corrected chi connectivity index (χ1v) is 0.866. The van der Waals surface area contributed by atoms with Gasteiger partial charge in [0.25, 0.3) is 0 Å². The van der Waals surface area contributed by atoms with Crippen LogP contribution in [0.4, 0.5) is 0 Å². The molecule has 0 heterocycles. The van der Waals surface area contributed by atoms with Gasteiger partial charge in [-0.1, -0.05) is 0 Å². The molecule has 0 saturated heterocycles. The molecule has 0 N–H and O–H groups in total. The molecule has 0 bridgehead atoms. The molecule has 0 fully saturated rings. The van der Waals surface area contributed by atoms with E-state index in [-0.39, 0.29) is 38.1 Å². The molecule has 0 aliphatic carbocycles. The molecule has 1 nitrogen and oxygen atoms in total. The Bertz CT molecular complexity index is 8.00. The van der Waals surface area contributed by atoms with Crippen LogP contribution in [0.5, 0.6) is 0 Å². The van der Waals surface area contributed by atoms with Gasteiger partial charge in [-0.05, 0) is 0 Å². The first-order valence-electron chi connectivity index (χ1n) is 0.289. The standard InChI is InChI=1S/Al.Fe.Mo.O.H. The van der Waals surface area contributed by atoms with Gasteiger partial charge in [0.1, 0.15) is 0 Å². The van der Waals surface area contributed by atoms with Crippen molar-refractivity contribution in [2.75, 3.05) is 0 Å². The number of rotatable bonds is 0. The SMILES string of the molecule is [Fe].[Mo].[O]=[AlH]. The molecule has 0 aromatic heterocycles. The van der Waals surface area contributed by atoms with Crippen molar-refractivity contribution in [2.45, 2.75) is 0 Å². The molecule has 0 rings (SSSR count). The van der Waals surface area contributed by atoms with Crippen molar-refractivity contribution in [2.24, 2.45) is 0 Å². The molecule has 0 unspecified atom stereocenters. The molecule has 0 atom stereocenters. The minimum absolute atomic E-state index is 0. The summed E-state index contributed by atoms with van der Waals surface area (Å²) in [5, 5.41) is 0. The average molecular weight is 196 g/mol. The van der Waals surface area contributed by atoms with E-state index in [1.54, 1.807) is 0 Å². The van der Waals surface area contributed by atoms with Gasteiger partial charge < -0.3 is 0 Å². The molecule has 4 heavy (non-hydrogen) atoms. The summed E-state index contributed by atoms with van der Waals surface area (Å²) in [6, 6.07) is 0. The van der Waals surface area contributed by atoms with Gasteiger partial charge in [0.2, 0.25) is 0 Å². The van der Waals surface area contributed by atoms with Gasteiger partial charge in [0, 0.05) is 38.1 Å². The van der Waals surface area contributed by atoms with Crippen molar-refractivity contribution in [3.63, 3.8) is 0 Å². The van der Waals surface area contributed by atoms with Crippen molar-refractivity contribution >= 4 is 16.2 Å². The van der Waals surface area contributed by atoms with Crippen LogP contribution < -0.4 is 0 Å². The van der Waals surface area contributed by atoms with Gasteiger partial charge in [-0.2, -0.15) is 0 Å². The third kappa shape index (κ3) is 9.63. The predicted octanol–water partition coefficient (Wildman–Crippen LogP) is -0.772. The molecule has 0 aliphatic rings. The zero-order valence-corrected chi connectivity index (χ0v) is 6.40. The average Bonchev–Trinajstić information content (AvgIpc) is 1.00. The van der Waals surface area contributed by atoms with Crippen LogP contribution in [0, 0.1) is 0 Å². The predicted molar refractivity (Wildman–Crippen MR) is 7.84 cm³/mol. The van der Waals surface area contributed by atoms with Gasteiger partial charge >= 0.3 is 20.0 Å². The minimum atomic E-state index is 0. The summed E-state index contributed by atoms with van der Waals surface area (Å²) in [6.45, 7) is 0. The molecule has 0 saturated carbocycles. The Morgan fingerprint density at radius 3 is 1.25 bits per heavy atom. The van der Waals surface area contributed by atoms with E-state index in [0.29, 0.717) is 16.2 Å². The van der Waals surface area contributed by atoms with Crippen LogP contribution in [0.2, 0.25) is 0 Å². The van der Waals surface area contributed by atoms with Crippen LogP contribution >= 0.6 is 0 Å². The number of hydrogen-bond acceptors (Lipinski definition) is 1. The summed E-state index contributed by atoms with van der Waals surface area (Å²) in [7, 11) is 0. The molecule has 0 amide bonds. The summed E-state index contributed by atoms with van der Waals surface area (Å²) in [5.41, 5.74) is 0. The fraction of sp³-hybridized carbons (Fsp3) is 0. The molecule has 0 aromatic carbocycles. The van der Waals surface area contributed by atoms with Crippen LogP contribution in [0.1, 0.15) is 0 Å². The van der Waals surface area contributed by atoms with E-state index < -0.39 is 0 Å². The number of hydrogen-bond donors (Lipinski definition) is 0. The fourth-order valence-electron chi connectivity index (χ4n) is 0. The molecule has 0 spiro atoms. The molecule has 0 aliphatic heterocycles. The molecule has 24 valence electrons. The fourth-order valence-corrected chi connectivity index (χ4v) is 0. The van der Waals surface area contributed by atoms with Crippen molar-refractivity contribution in [1.29, 1.82) is 0 Å². The third-order valence-corrected chi connectivity index (χ3v) is 0. The van der Waals surface area contributed by atoms with Crippen molar-refractivity contribution < 1.29 is 41.9 Å². The second-order valence-electron chi connectivity index (χ2n) is 0. The molecule has 0 radical (unpaired) electrons. The van der Waals surface area contributed by atoms with Crippen LogP contribution in [-0.4, -0.2) is 16.2 Å². The maximum atomic E-state index is 8.28. The van der Waals surface area contributed by atoms with E-state index in [2.05, 4.69) is 0 Å². The van der Waals surface area contributed by atoms with E-state index in [0.717, 1.165) is 0 Å². The van der Waals surface area contributed by atoms with E-state index in [9.17, 15) is 0 Å². The van der Waals surface area contributed by atoms with Gasteiger partial charge in [-0.15, -0.1) is 0 Å². The summed E-state index contributed by atoms with van der Waals surface area (Å²) >= 11 is 0.611. The summed E-state index contributed by atoms with van der Waals surface area (Å²) in [4.78, 5) is 0. The third-order valence-electron chi connectivity index (χ3n) is 0. The van der Waals surface area contributed by atoms with Gasteiger partial charge in [-0.25, -0.2) is 0 Å². The van der Waals surface area contributed by atoms with Gasteiger partial charge in [0.05, 0.1) is 0 Å². The Balaban J connectivity index is -0.00000000500. The van der Waals surface area contributed by atoms with E-state index in [1.807, 2.05) is 0 Å². The Morgan fingerprint density at radius 1 is 1.25 bits per heavy atom. The first-order chi connectivity index (χ1) is 1.00. The second-order valence-corrected chi connectivity index (χ2v) is 0. The molecular weight excluding hydrogens is 195 g/mol. The molecule has 4 heteroatoms. The topological polar surface area (TPSA) is 17.1 Å². The Hall–Kier alpha value is 1.54. The zero-order valence-electron chi connectivity index (χ0n) is 1.88. The summed E-state index contributed by atoms with van der Waals surface area (Å²) < 4.78 is 8.28. The Labute approximate surface area is 57.9 Å². The van der Waals surface area contributed by atoms with Crippen LogP contribution in [0.3, 0.4) is 0 Å². The van der Waals surface area contributed by atoms with Crippen molar-refractivity contribution in [3.05, 3.63) is 0 Å².